The highest BCUT2D eigenvalue weighted by atomic mass is 127. The first-order chi connectivity index (χ1) is 11.7. The molecule has 144 valence electrons. The van der Waals surface area contributed by atoms with E-state index in [2.05, 4.69) is 34.6 Å². The van der Waals surface area contributed by atoms with E-state index < -0.39 is 0 Å². The van der Waals surface area contributed by atoms with Gasteiger partial charge in [0.15, 0.2) is 5.96 Å². The van der Waals surface area contributed by atoms with Crippen molar-refractivity contribution in [3.05, 3.63) is 17.0 Å². The van der Waals surface area contributed by atoms with Gasteiger partial charge in [0.05, 0.1) is 5.69 Å². The van der Waals surface area contributed by atoms with E-state index in [9.17, 15) is 0 Å². The summed E-state index contributed by atoms with van der Waals surface area (Å²) in [5.74, 6) is 1.87. The zero-order chi connectivity index (χ0) is 17.4. The number of halogens is 1. The smallest absolute Gasteiger partial charge is 0.191 e. The molecule has 0 atom stereocenters. The second-order valence-corrected chi connectivity index (χ2v) is 6.85. The number of aryl methyl sites for hydroxylation is 2. The average molecular weight is 461 g/mol. The molecule has 1 saturated carbocycles. The summed E-state index contributed by atoms with van der Waals surface area (Å²) in [6, 6.07) is 0. The molecule has 1 fully saturated rings. The van der Waals surface area contributed by atoms with E-state index in [1.54, 1.807) is 0 Å². The Balaban J connectivity index is 0.00000312. The number of rotatable bonds is 8. The lowest BCUT2D eigenvalue weighted by atomic mass is 10.0. The first-order valence-corrected chi connectivity index (χ1v) is 9.67. The topological polar surface area (TPSA) is 54.2 Å². The quantitative estimate of drug-likeness (QED) is 0.268. The van der Waals surface area contributed by atoms with Gasteiger partial charge in [-0.3, -0.25) is 9.67 Å². The van der Waals surface area contributed by atoms with Crippen LogP contribution in [-0.4, -0.2) is 29.3 Å². The van der Waals surface area contributed by atoms with Gasteiger partial charge in [0.25, 0.3) is 0 Å². The maximum atomic E-state index is 4.64. The Morgan fingerprint density at radius 3 is 2.52 bits per heavy atom. The zero-order valence-corrected chi connectivity index (χ0v) is 18.7. The number of nitrogens with one attached hydrogen (secondary N) is 2. The molecule has 1 heterocycles. The summed E-state index contributed by atoms with van der Waals surface area (Å²) in [6.07, 6.45) is 10.3. The molecule has 1 aliphatic carbocycles. The molecule has 1 aromatic rings. The van der Waals surface area contributed by atoms with Crippen LogP contribution in [0, 0.1) is 5.92 Å². The summed E-state index contributed by atoms with van der Waals surface area (Å²) in [5.41, 5.74) is 3.84. The van der Waals surface area contributed by atoms with Crippen molar-refractivity contribution in [2.75, 3.05) is 13.6 Å². The van der Waals surface area contributed by atoms with Gasteiger partial charge >= 0.3 is 0 Å². The normalized spacial score (nSPS) is 15.3. The van der Waals surface area contributed by atoms with Crippen LogP contribution in [0.25, 0.3) is 0 Å². The van der Waals surface area contributed by atoms with Crippen LogP contribution in [0.4, 0.5) is 0 Å². The molecule has 0 spiro atoms. The van der Waals surface area contributed by atoms with Crippen LogP contribution in [0.15, 0.2) is 4.99 Å². The van der Waals surface area contributed by atoms with Crippen molar-refractivity contribution in [3.8, 4) is 0 Å². The van der Waals surface area contributed by atoms with Crippen molar-refractivity contribution in [3.63, 3.8) is 0 Å². The summed E-state index contributed by atoms with van der Waals surface area (Å²) in [6.45, 7) is 6.16. The highest BCUT2D eigenvalue weighted by molar-refractivity contribution is 14.0. The largest absolute Gasteiger partial charge is 0.356 e. The number of hydrogen-bond acceptors (Lipinski definition) is 2. The fourth-order valence-electron chi connectivity index (χ4n) is 3.88. The van der Waals surface area contributed by atoms with E-state index in [4.69, 9.17) is 0 Å². The minimum Gasteiger partial charge on any atom is -0.356 e. The van der Waals surface area contributed by atoms with E-state index in [0.29, 0.717) is 0 Å². The number of hydrogen-bond donors (Lipinski definition) is 2. The molecule has 2 rings (SSSR count). The Bertz CT molecular complexity index is 532. The third kappa shape index (κ3) is 6.46. The zero-order valence-electron chi connectivity index (χ0n) is 16.4. The molecule has 0 aromatic carbocycles. The second kappa shape index (κ2) is 11.8. The number of guanidine groups is 1. The molecule has 6 heteroatoms. The third-order valence-electron chi connectivity index (χ3n) is 5.24. The number of aliphatic imine (C=N–C) groups is 1. The lowest BCUT2D eigenvalue weighted by molar-refractivity contribution is 0.481. The molecule has 0 saturated heterocycles. The van der Waals surface area contributed by atoms with Gasteiger partial charge in [0, 0.05) is 38.4 Å². The van der Waals surface area contributed by atoms with Crippen LogP contribution >= 0.6 is 24.0 Å². The van der Waals surface area contributed by atoms with Gasteiger partial charge in [-0.15, -0.1) is 24.0 Å². The van der Waals surface area contributed by atoms with Crippen LogP contribution in [0.5, 0.6) is 0 Å². The van der Waals surface area contributed by atoms with Gasteiger partial charge in [-0.25, -0.2) is 0 Å². The monoisotopic (exact) mass is 461 g/mol. The fraction of sp³-hybridized carbons (Fsp3) is 0.789. The summed E-state index contributed by atoms with van der Waals surface area (Å²) in [4.78, 5) is 4.36. The maximum absolute atomic E-state index is 4.64. The third-order valence-corrected chi connectivity index (χ3v) is 5.24. The van der Waals surface area contributed by atoms with E-state index in [-0.39, 0.29) is 24.0 Å². The highest BCUT2D eigenvalue weighted by Crippen LogP contribution is 2.28. The average Bonchev–Trinajstić information content (AvgIpc) is 3.21. The van der Waals surface area contributed by atoms with Gasteiger partial charge < -0.3 is 10.6 Å². The standard InChI is InChI=1S/C19H35N5.HI/c1-5-17-16(18(6-2)24(4)23-17)14-22-19(20-3)21-13-9-12-15-10-7-8-11-15;/h15H,5-14H2,1-4H3,(H2,20,21,22);1H. The second-order valence-electron chi connectivity index (χ2n) is 6.85. The van der Waals surface area contributed by atoms with Crippen molar-refractivity contribution < 1.29 is 0 Å². The van der Waals surface area contributed by atoms with Crippen LogP contribution in [0.3, 0.4) is 0 Å². The molecular weight excluding hydrogens is 425 g/mol. The minimum absolute atomic E-state index is 0. The van der Waals surface area contributed by atoms with Crippen LogP contribution < -0.4 is 10.6 Å². The van der Waals surface area contributed by atoms with Crippen LogP contribution in [0.2, 0.25) is 0 Å². The lowest BCUT2D eigenvalue weighted by Gasteiger charge is -2.14. The lowest BCUT2D eigenvalue weighted by Crippen LogP contribution is -2.37. The van der Waals surface area contributed by atoms with E-state index in [1.165, 1.54) is 55.5 Å². The first-order valence-electron chi connectivity index (χ1n) is 9.67. The van der Waals surface area contributed by atoms with Gasteiger partial charge in [0.2, 0.25) is 0 Å². The van der Waals surface area contributed by atoms with Gasteiger partial charge in [-0.1, -0.05) is 39.5 Å². The Kier molecular flexibility index (Phi) is 10.5. The Labute approximate surface area is 170 Å². The molecule has 0 unspecified atom stereocenters. The van der Waals surface area contributed by atoms with Crippen LogP contribution in [-0.2, 0) is 26.4 Å². The molecule has 1 aliphatic rings. The Morgan fingerprint density at radius 1 is 1.20 bits per heavy atom. The van der Waals surface area contributed by atoms with Gasteiger partial charge in [-0.05, 0) is 31.6 Å². The molecule has 5 nitrogen and oxygen atoms in total. The summed E-state index contributed by atoms with van der Waals surface area (Å²) >= 11 is 0. The molecule has 0 aliphatic heterocycles. The highest BCUT2D eigenvalue weighted by Gasteiger charge is 2.15. The molecule has 2 N–H and O–H groups in total. The Morgan fingerprint density at radius 2 is 1.92 bits per heavy atom. The van der Waals surface area contributed by atoms with E-state index in [0.717, 1.165) is 37.8 Å². The first kappa shape index (κ1) is 22.3. The van der Waals surface area contributed by atoms with Gasteiger partial charge in [0.1, 0.15) is 0 Å². The molecule has 0 amide bonds. The predicted octanol–water partition coefficient (Wildman–Crippen LogP) is 3.80. The summed E-state index contributed by atoms with van der Waals surface area (Å²) in [5, 5.41) is 11.6. The van der Waals surface area contributed by atoms with Crippen molar-refractivity contribution in [1.82, 2.24) is 20.4 Å². The molecule has 0 bridgehead atoms. The number of aromatic nitrogens is 2. The summed E-state index contributed by atoms with van der Waals surface area (Å²) < 4.78 is 2.02. The molecule has 25 heavy (non-hydrogen) atoms. The maximum Gasteiger partial charge on any atom is 0.191 e. The van der Waals surface area contributed by atoms with Crippen molar-refractivity contribution in [2.24, 2.45) is 18.0 Å². The van der Waals surface area contributed by atoms with E-state index >= 15 is 0 Å². The predicted molar refractivity (Wildman–Crippen MR) is 117 cm³/mol. The van der Waals surface area contributed by atoms with Gasteiger partial charge in [-0.2, -0.15) is 5.10 Å². The van der Waals surface area contributed by atoms with Crippen molar-refractivity contribution in [2.45, 2.75) is 71.8 Å². The molecular formula is C19H36IN5. The summed E-state index contributed by atoms with van der Waals surface area (Å²) in [7, 11) is 3.88. The molecule has 0 radical (unpaired) electrons. The minimum atomic E-state index is 0. The van der Waals surface area contributed by atoms with Crippen molar-refractivity contribution >= 4 is 29.9 Å². The van der Waals surface area contributed by atoms with Crippen molar-refractivity contribution in [1.29, 1.82) is 0 Å². The van der Waals surface area contributed by atoms with E-state index in [1.807, 2.05) is 18.8 Å². The van der Waals surface area contributed by atoms with Crippen LogP contribution in [0.1, 0.15) is 69.3 Å². The SMILES string of the molecule is CCc1nn(C)c(CC)c1CNC(=NC)NCCCC1CCCC1.I. The molecule has 1 aromatic heterocycles. The Hall–Kier alpha value is -0.790. The fourth-order valence-corrected chi connectivity index (χ4v) is 3.88. The number of nitrogens with zero attached hydrogens (tertiary/aromatic N) is 3.